The van der Waals surface area contributed by atoms with Crippen LogP contribution in [-0.2, 0) is 4.79 Å². The smallest absolute Gasteiger partial charge is 0.315 e. The number of carboxylic acids is 1. The van der Waals surface area contributed by atoms with Crippen molar-refractivity contribution >= 4 is 12.0 Å². The molecule has 0 heterocycles. The Hall–Kier alpha value is -1.26. The maximum absolute atomic E-state index is 12.1. The molecule has 0 spiro atoms. The summed E-state index contributed by atoms with van der Waals surface area (Å²) < 4.78 is 0. The van der Waals surface area contributed by atoms with Crippen LogP contribution in [0.4, 0.5) is 4.79 Å². The van der Waals surface area contributed by atoms with Gasteiger partial charge < -0.3 is 15.7 Å². The van der Waals surface area contributed by atoms with Crippen molar-refractivity contribution in [3.8, 4) is 0 Å². The quantitative estimate of drug-likeness (QED) is 0.672. The maximum atomic E-state index is 12.1. The predicted octanol–water partition coefficient (Wildman–Crippen LogP) is 2.90. The zero-order valence-electron chi connectivity index (χ0n) is 12.9. The molecule has 0 aliphatic heterocycles. The molecule has 20 heavy (non-hydrogen) atoms. The van der Waals surface area contributed by atoms with Crippen LogP contribution in [0.2, 0.25) is 0 Å². The van der Waals surface area contributed by atoms with E-state index in [0.29, 0.717) is 5.92 Å². The molecule has 0 saturated heterocycles. The summed E-state index contributed by atoms with van der Waals surface area (Å²) in [6.07, 6.45) is 5.53. The van der Waals surface area contributed by atoms with Crippen LogP contribution in [0.15, 0.2) is 0 Å². The van der Waals surface area contributed by atoms with Gasteiger partial charge in [0.05, 0.1) is 12.0 Å². The topological polar surface area (TPSA) is 78.4 Å². The molecule has 0 bridgehead atoms. The number of carboxylic acid groups (broad SMARTS) is 1. The molecule has 2 atom stereocenters. The Morgan fingerprint density at radius 2 is 1.85 bits per heavy atom. The van der Waals surface area contributed by atoms with Crippen LogP contribution in [0.25, 0.3) is 0 Å². The fourth-order valence-corrected chi connectivity index (χ4v) is 3.02. The lowest BCUT2D eigenvalue weighted by molar-refractivity contribution is -0.138. The lowest BCUT2D eigenvalue weighted by Crippen LogP contribution is -2.53. The lowest BCUT2D eigenvalue weighted by Gasteiger charge is -2.29. The highest BCUT2D eigenvalue weighted by atomic mass is 16.4. The van der Waals surface area contributed by atoms with Crippen LogP contribution in [-0.4, -0.2) is 28.7 Å². The zero-order chi connectivity index (χ0) is 15.2. The number of hydrogen-bond acceptors (Lipinski definition) is 2. The molecule has 1 fully saturated rings. The summed E-state index contributed by atoms with van der Waals surface area (Å²) in [5.74, 6) is -0.274. The SMILES string of the molecule is CCC(C)CC(C)NC(=O)NC1(CC(=O)O)CCCC1. The molecule has 1 rings (SSSR count). The van der Waals surface area contributed by atoms with Crippen molar-refractivity contribution in [2.75, 3.05) is 0 Å². The van der Waals surface area contributed by atoms with Gasteiger partial charge in [0.2, 0.25) is 0 Å². The van der Waals surface area contributed by atoms with E-state index in [1.165, 1.54) is 0 Å². The summed E-state index contributed by atoms with van der Waals surface area (Å²) in [7, 11) is 0. The minimum atomic E-state index is -0.847. The zero-order valence-corrected chi connectivity index (χ0v) is 12.9. The predicted molar refractivity (Wildman–Crippen MR) is 78.7 cm³/mol. The van der Waals surface area contributed by atoms with Gasteiger partial charge in [0, 0.05) is 6.04 Å². The molecule has 0 aromatic heterocycles. The largest absolute Gasteiger partial charge is 0.481 e. The summed E-state index contributed by atoms with van der Waals surface area (Å²) in [5.41, 5.74) is -0.550. The van der Waals surface area contributed by atoms with E-state index in [2.05, 4.69) is 24.5 Å². The second-order valence-electron chi connectivity index (χ2n) is 6.31. The Kier molecular flexibility index (Phi) is 6.30. The summed E-state index contributed by atoms with van der Waals surface area (Å²) in [6, 6.07) is -0.128. The number of carbonyl (C=O) groups excluding carboxylic acids is 1. The number of amides is 2. The summed E-state index contributed by atoms with van der Waals surface area (Å²) in [6.45, 7) is 6.29. The fourth-order valence-electron chi connectivity index (χ4n) is 3.02. The van der Waals surface area contributed by atoms with E-state index in [4.69, 9.17) is 5.11 Å². The van der Waals surface area contributed by atoms with Gasteiger partial charge in [-0.05, 0) is 32.1 Å². The van der Waals surface area contributed by atoms with Gasteiger partial charge in [-0.3, -0.25) is 4.79 Å². The number of hydrogen-bond donors (Lipinski definition) is 3. The van der Waals surface area contributed by atoms with Crippen LogP contribution in [0.1, 0.15) is 65.7 Å². The number of rotatable bonds is 7. The third-order valence-corrected chi connectivity index (χ3v) is 4.26. The normalized spacial score (nSPS) is 20.1. The highest BCUT2D eigenvalue weighted by Crippen LogP contribution is 2.32. The van der Waals surface area contributed by atoms with Gasteiger partial charge in [-0.2, -0.15) is 0 Å². The van der Waals surface area contributed by atoms with Gasteiger partial charge in [-0.25, -0.2) is 4.79 Å². The van der Waals surface area contributed by atoms with E-state index in [1.54, 1.807) is 0 Å². The average molecular weight is 284 g/mol. The van der Waals surface area contributed by atoms with Crippen molar-refractivity contribution in [1.82, 2.24) is 10.6 Å². The molecule has 0 radical (unpaired) electrons. The van der Waals surface area contributed by atoms with Crippen LogP contribution in [0.3, 0.4) is 0 Å². The molecule has 1 aliphatic carbocycles. The minimum absolute atomic E-state index is 0.0141. The van der Waals surface area contributed by atoms with Gasteiger partial charge in [0.1, 0.15) is 0 Å². The van der Waals surface area contributed by atoms with Crippen molar-refractivity contribution in [3.05, 3.63) is 0 Å². The van der Waals surface area contributed by atoms with Gasteiger partial charge >= 0.3 is 12.0 Å². The van der Waals surface area contributed by atoms with Crippen molar-refractivity contribution < 1.29 is 14.7 Å². The fraction of sp³-hybridized carbons (Fsp3) is 0.867. The van der Waals surface area contributed by atoms with Crippen molar-refractivity contribution in [2.24, 2.45) is 5.92 Å². The number of aliphatic carboxylic acids is 1. The van der Waals surface area contributed by atoms with E-state index in [-0.39, 0.29) is 18.5 Å². The number of nitrogens with one attached hydrogen (secondary N) is 2. The van der Waals surface area contributed by atoms with Crippen molar-refractivity contribution in [2.45, 2.75) is 77.3 Å². The first-order chi connectivity index (χ1) is 9.37. The molecule has 0 aromatic rings. The standard InChI is InChI=1S/C15H28N2O3/c1-4-11(2)9-12(3)16-14(20)17-15(10-13(18)19)7-5-6-8-15/h11-12H,4-10H2,1-3H3,(H,18,19)(H2,16,17,20). The molecule has 2 amide bonds. The van der Waals surface area contributed by atoms with E-state index >= 15 is 0 Å². The van der Waals surface area contributed by atoms with Crippen molar-refractivity contribution in [1.29, 1.82) is 0 Å². The molecule has 0 aromatic carbocycles. The molecule has 116 valence electrons. The summed E-state index contributed by atoms with van der Waals surface area (Å²) in [4.78, 5) is 23.0. The third kappa shape index (κ3) is 5.39. The third-order valence-electron chi connectivity index (χ3n) is 4.26. The Labute approximate surface area is 121 Å². The highest BCUT2D eigenvalue weighted by Gasteiger charge is 2.37. The monoisotopic (exact) mass is 284 g/mol. The van der Waals surface area contributed by atoms with Crippen LogP contribution in [0.5, 0.6) is 0 Å². The first-order valence-electron chi connectivity index (χ1n) is 7.67. The molecular weight excluding hydrogens is 256 g/mol. The van der Waals surface area contributed by atoms with Crippen molar-refractivity contribution in [3.63, 3.8) is 0 Å². The Bertz CT molecular complexity index is 338. The van der Waals surface area contributed by atoms with Crippen LogP contribution < -0.4 is 10.6 Å². The van der Waals surface area contributed by atoms with E-state index < -0.39 is 11.5 Å². The molecular formula is C15H28N2O3. The van der Waals surface area contributed by atoms with Gasteiger partial charge in [-0.1, -0.05) is 33.1 Å². The Balaban J connectivity index is 2.48. The Morgan fingerprint density at radius 1 is 1.25 bits per heavy atom. The molecule has 1 saturated carbocycles. The highest BCUT2D eigenvalue weighted by molar-refractivity contribution is 5.77. The Morgan fingerprint density at radius 3 is 2.35 bits per heavy atom. The average Bonchev–Trinajstić information content (AvgIpc) is 2.75. The van der Waals surface area contributed by atoms with E-state index in [0.717, 1.165) is 38.5 Å². The minimum Gasteiger partial charge on any atom is -0.481 e. The molecule has 2 unspecified atom stereocenters. The van der Waals surface area contributed by atoms with Crippen LogP contribution >= 0.6 is 0 Å². The van der Waals surface area contributed by atoms with E-state index in [1.807, 2.05) is 6.92 Å². The summed E-state index contributed by atoms with van der Waals surface area (Å²) >= 11 is 0. The first-order valence-corrected chi connectivity index (χ1v) is 7.67. The number of carbonyl (C=O) groups is 2. The second kappa shape index (κ2) is 7.50. The van der Waals surface area contributed by atoms with E-state index in [9.17, 15) is 9.59 Å². The summed E-state index contributed by atoms with van der Waals surface area (Å²) in [5, 5.41) is 14.9. The first kappa shape index (κ1) is 16.8. The maximum Gasteiger partial charge on any atom is 0.315 e. The van der Waals surface area contributed by atoms with Gasteiger partial charge in [0.25, 0.3) is 0 Å². The molecule has 5 nitrogen and oxygen atoms in total. The van der Waals surface area contributed by atoms with Gasteiger partial charge in [0.15, 0.2) is 0 Å². The second-order valence-corrected chi connectivity index (χ2v) is 6.31. The van der Waals surface area contributed by atoms with Crippen LogP contribution in [0, 0.1) is 5.92 Å². The molecule has 1 aliphatic rings. The number of urea groups is 1. The van der Waals surface area contributed by atoms with Gasteiger partial charge in [-0.15, -0.1) is 0 Å². The molecule has 5 heteroatoms. The molecule has 3 N–H and O–H groups in total. The lowest BCUT2D eigenvalue weighted by atomic mass is 9.93.